The van der Waals surface area contributed by atoms with Gasteiger partial charge in [-0.25, -0.2) is 23.1 Å². The average molecular weight is 692 g/mol. The van der Waals surface area contributed by atoms with Gasteiger partial charge in [0.15, 0.2) is 6.29 Å². The van der Waals surface area contributed by atoms with Gasteiger partial charge in [-0.3, -0.25) is 4.90 Å². The molecule has 1 aromatic heterocycles. The second kappa shape index (κ2) is 15.6. The number of rotatable bonds is 11. The quantitative estimate of drug-likeness (QED) is 0.186. The maximum atomic E-state index is 12.7. The van der Waals surface area contributed by atoms with Gasteiger partial charge in [0.1, 0.15) is 0 Å². The Morgan fingerprint density at radius 1 is 0.740 bits per heavy atom. The molecular formula is C39H41N5O5S. The Balaban J connectivity index is 1.04. The topological polar surface area (TPSA) is 117 Å². The van der Waals surface area contributed by atoms with E-state index in [2.05, 4.69) is 36.6 Å². The molecule has 0 amide bonds. The standard InChI is InChI=1S/C39H41N5O5S/c45-28-29-10-12-32(13-11-29)37-25-35(27-43-20-22-44(23-21-43)39-40-18-5-19-41-39)48-38(49-37)33-16-14-31(15-17-33)34-7-4-6-30(24-34)26-42-50(46,47)36-8-2-1-3-9-36/h1-19,24,35,37-38,42,45H,20-23,25-28H2/t35-,37+,38+/m0/s1. The summed E-state index contributed by atoms with van der Waals surface area (Å²) in [6.45, 7) is 4.45. The van der Waals surface area contributed by atoms with E-state index in [4.69, 9.17) is 9.47 Å². The largest absolute Gasteiger partial charge is 0.392 e. The van der Waals surface area contributed by atoms with Gasteiger partial charge in [0, 0.05) is 63.6 Å². The summed E-state index contributed by atoms with van der Waals surface area (Å²) in [6.07, 6.45) is 3.51. The van der Waals surface area contributed by atoms with E-state index in [0.717, 1.165) is 78.5 Å². The molecule has 11 heteroatoms. The van der Waals surface area contributed by atoms with Crippen molar-refractivity contribution in [2.45, 2.75) is 43.0 Å². The number of anilines is 1. The molecule has 0 unspecified atom stereocenters. The number of aliphatic hydroxyl groups is 1. The molecule has 258 valence electrons. The predicted molar refractivity (Wildman–Crippen MR) is 191 cm³/mol. The number of ether oxygens (including phenoxy) is 2. The van der Waals surface area contributed by atoms with E-state index in [1.165, 1.54) is 0 Å². The minimum Gasteiger partial charge on any atom is -0.392 e. The lowest BCUT2D eigenvalue weighted by Crippen LogP contribution is -2.50. The first-order valence-corrected chi connectivity index (χ1v) is 18.4. The SMILES string of the molecule is O=S(=O)(NCc1cccc(-c2ccc([C@@H]3O[C@H](CN4CCN(c5ncccn5)CC4)C[C@H](c4ccc(CO)cc4)O3)cc2)c1)c1ccccc1. The summed E-state index contributed by atoms with van der Waals surface area (Å²) in [5.74, 6) is 0.767. The highest BCUT2D eigenvalue weighted by atomic mass is 32.2. The van der Waals surface area contributed by atoms with Gasteiger partial charge >= 0.3 is 0 Å². The molecule has 0 aliphatic carbocycles. The fourth-order valence-corrected chi connectivity index (χ4v) is 7.50. The van der Waals surface area contributed by atoms with Crippen LogP contribution >= 0.6 is 0 Å². The third kappa shape index (κ3) is 8.27. The number of piperazine rings is 1. The van der Waals surface area contributed by atoms with Crippen molar-refractivity contribution in [1.82, 2.24) is 19.6 Å². The Bertz CT molecular complexity index is 1940. The predicted octanol–water partition coefficient (Wildman–Crippen LogP) is 5.48. The normalized spacial score (nSPS) is 20.1. The highest BCUT2D eigenvalue weighted by Crippen LogP contribution is 2.39. The fraction of sp³-hybridized carbons (Fsp3) is 0.282. The first-order chi connectivity index (χ1) is 24.4. The first kappa shape index (κ1) is 34.0. The van der Waals surface area contributed by atoms with Crippen LogP contribution in [0, 0.1) is 0 Å². The molecule has 10 nitrogen and oxygen atoms in total. The van der Waals surface area contributed by atoms with Crippen molar-refractivity contribution in [3.05, 3.63) is 144 Å². The van der Waals surface area contributed by atoms with Crippen LogP contribution in [0.1, 0.15) is 41.1 Å². The number of benzene rings is 4. The van der Waals surface area contributed by atoms with Crippen LogP contribution in [-0.2, 0) is 32.6 Å². The van der Waals surface area contributed by atoms with Crippen LogP contribution in [0.4, 0.5) is 5.95 Å². The van der Waals surface area contributed by atoms with Crippen LogP contribution in [0.3, 0.4) is 0 Å². The van der Waals surface area contributed by atoms with Crippen molar-refractivity contribution >= 4 is 16.0 Å². The van der Waals surface area contributed by atoms with Crippen molar-refractivity contribution in [3.63, 3.8) is 0 Å². The molecule has 50 heavy (non-hydrogen) atoms. The summed E-state index contributed by atoms with van der Waals surface area (Å²) in [5.41, 5.74) is 5.70. The maximum Gasteiger partial charge on any atom is 0.240 e. The number of aromatic nitrogens is 2. The Hall–Kier alpha value is -4.49. The third-order valence-corrected chi connectivity index (χ3v) is 10.7. The molecule has 0 bridgehead atoms. The first-order valence-electron chi connectivity index (χ1n) is 16.9. The third-order valence-electron chi connectivity index (χ3n) is 9.25. The summed E-state index contributed by atoms with van der Waals surface area (Å²) in [5, 5.41) is 9.57. The molecule has 2 saturated heterocycles. The maximum absolute atomic E-state index is 12.7. The van der Waals surface area contributed by atoms with E-state index in [1.54, 1.807) is 42.7 Å². The zero-order chi connectivity index (χ0) is 34.3. The number of hydrogen-bond donors (Lipinski definition) is 2. The van der Waals surface area contributed by atoms with Gasteiger partial charge in [0.05, 0.1) is 23.7 Å². The van der Waals surface area contributed by atoms with E-state index in [0.29, 0.717) is 0 Å². The molecule has 2 fully saturated rings. The molecule has 3 heterocycles. The summed E-state index contributed by atoms with van der Waals surface area (Å²) in [7, 11) is -3.61. The molecule has 0 spiro atoms. The molecule has 0 saturated carbocycles. The zero-order valence-corrected chi connectivity index (χ0v) is 28.5. The van der Waals surface area contributed by atoms with Crippen molar-refractivity contribution < 1.29 is 23.0 Å². The second-order valence-corrected chi connectivity index (χ2v) is 14.4. The monoisotopic (exact) mass is 691 g/mol. The minimum atomic E-state index is -3.61. The average Bonchev–Trinajstić information content (AvgIpc) is 3.18. The summed E-state index contributed by atoms with van der Waals surface area (Å²) >= 11 is 0. The van der Waals surface area contributed by atoms with Gasteiger partial charge < -0.3 is 19.5 Å². The fourth-order valence-electron chi connectivity index (χ4n) is 6.46. The van der Waals surface area contributed by atoms with Crippen LogP contribution < -0.4 is 9.62 Å². The Morgan fingerprint density at radius 3 is 2.18 bits per heavy atom. The van der Waals surface area contributed by atoms with Gasteiger partial charge in [-0.1, -0.05) is 84.9 Å². The van der Waals surface area contributed by atoms with Crippen molar-refractivity contribution in [2.24, 2.45) is 0 Å². The van der Waals surface area contributed by atoms with Gasteiger partial charge in [-0.05, 0) is 52.1 Å². The van der Waals surface area contributed by atoms with E-state index < -0.39 is 16.3 Å². The van der Waals surface area contributed by atoms with Gasteiger partial charge in [0.2, 0.25) is 16.0 Å². The zero-order valence-electron chi connectivity index (χ0n) is 27.7. The van der Waals surface area contributed by atoms with Gasteiger partial charge in [-0.2, -0.15) is 0 Å². The Labute approximate surface area is 293 Å². The molecule has 2 aliphatic heterocycles. The lowest BCUT2D eigenvalue weighted by molar-refractivity contribution is -0.253. The highest BCUT2D eigenvalue weighted by molar-refractivity contribution is 7.89. The van der Waals surface area contributed by atoms with Gasteiger partial charge in [-0.15, -0.1) is 0 Å². The number of aliphatic hydroxyl groups excluding tert-OH is 1. The van der Waals surface area contributed by atoms with E-state index in [1.807, 2.05) is 66.7 Å². The Morgan fingerprint density at radius 2 is 1.46 bits per heavy atom. The van der Waals surface area contributed by atoms with E-state index >= 15 is 0 Å². The van der Waals surface area contributed by atoms with Crippen LogP contribution in [0.15, 0.2) is 126 Å². The summed E-state index contributed by atoms with van der Waals surface area (Å²) in [4.78, 5) is 13.7. The number of sulfonamides is 1. The number of nitrogens with zero attached hydrogens (tertiary/aromatic N) is 4. The van der Waals surface area contributed by atoms with Crippen LogP contribution in [0.5, 0.6) is 0 Å². The second-order valence-electron chi connectivity index (χ2n) is 12.6. The molecule has 3 atom stereocenters. The van der Waals surface area contributed by atoms with E-state index in [-0.39, 0.29) is 30.3 Å². The molecule has 2 N–H and O–H groups in total. The van der Waals surface area contributed by atoms with Crippen molar-refractivity contribution in [3.8, 4) is 11.1 Å². The molecule has 4 aromatic carbocycles. The van der Waals surface area contributed by atoms with Crippen LogP contribution in [0.25, 0.3) is 11.1 Å². The number of nitrogens with one attached hydrogen (secondary N) is 1. The van der Waals surface area contributed by atoms with Crippen LogP contribution in [0.2, 0.25) is 0 Å². The molecule has 7 rings (SSSR count). The molecule has 5 aromatic rings. The van der Waals surface area contributed by atoms with Crippen LogP contribution in [-0.4, -0.2) is 67.2 Å². The minimum absolute atomic E-state index is 0.00127. The lowest BCUT2D eigenvalue weighted by atomic mass is 9.99. The summed E-state index contributed by atoms with van der Waals surface area (Å²) in [6, 6.07) is 34.2. The Kier molecular flexibility index (Phi) is 10.6. The van der Waals surface area contributed by atoms with Gasteiger partial charge in [0.25, 0.3) is 0 Å². The molecule has 0 radical (unpaired) electrons. The number of hydrogen-bond acceptors (Lipinski definition) is 9. The molecular weight excluding hydrogens is 651 g/mol. The smallest absolute Gasteiger partial charge is 0.240 e. The van der Waals surface area contributed by atoms with E-state index in [9.17, 15) is 13.5 Å². The van der Waals surface area contributed by atoms with Crippen molar-refractivity contribution in [2.75, 3.05) is 37.6 Å². The highest BCUT2D eigenvalue weighted by Gasteiger charge is 2.34. The van der Waals surface area contributed by atoms with Crippen molar-refractivity contribution in [1.29, 1.82) is 0 Å². The lowest BCUT2D eigenvalue weighted by Gasteiger charge is -2.40. The molecule has 2 aliphatic rings. The summed E-state index contributed by atoms with van der Waals surface area (Å²) < 4.78 is 41.4.